The summed E-state index contributed by atoms with van der Waals surface area (Å²) in [5.74, 6) is 0. The second-order valence-corrected chi connectivity index (χ2v) is 6.70. The molecule has 4 heteroatoms. The number of nitrogens with zero attached hydrogens (tertiary/aromatic N) is 3. The third kappa shape index (κ3) is 3.90. The fraction of sp³-hybridized carbons (Fsp3) is 0.333. The number of benzene rings is 2. The quantitative estimate of drug-likeness (QED) is 0.497. The van der Waals surface area contributed by atoms with Crippen molar-refractivity contribution in [1.82, 2.24) is 9.55 Å². The number of aromatic nitrogens is 2. The first-order chi connectivity index (χ1) is 12.4. The van der Waals surface area contributed by atoms with Crippen LogP contribution in [0.2, 0.25) is 0 Å². The first kappa shape index (κ1) is 15.9. The Morgan fingerprint density at radius 1 is 1.08 bits per heavy atom. The molecule has 1 aliphatic carbocycles. The van der Waals surface area contributed by atoms with Crippen molar-refractivity contribution < 1.29 is 4.84 Å². The van der Waals surface area contributed by atoms with E-state index in [1.54, 1.807) is 6.20 Å². The van der Waals surface area contributed by atoms with Gasteiger partial charge in [0.05, 0.1) is 12.9 Å². The van der Waals surface area contributed by atoms with Crippen LogP contribution in [-0.4, -0.2) is 21.4 Å². The highest BCUT2D eigenvalue weighted by atomic mass is 16.6. The minimum atomic E-state index is 0.256. The fourth-order valence-corrected chi connectivity index (χ4v) is 3.40. The van der Waals surface area contributed by atoms with Crippen molar-refractivity contribution in [3.8, 4) is 0 Å². The molecular formula is C21H23N3O. The van der Waals surface area contributed by atoms with Gasteiger partial charge in [0.25, 0.3) is 0 Å². The molecule has 1 saturated carbocycles. The van der Waals surface area contributed by atoms with Gasteiger partial charge in [0.2, 0.25) is 0 Å². The monoisotopic (exact) mass is 333 g/mol. The Morgan fingerprint density at radius 3 is 2.72 bits per heavy atom. The summed E-state index contributed by atoms with van der Waals surface area (Å²) < 4.78 is 2.03. The van der Waals surface area contributed by atoms with E-state index in [1.165, 1.54) is 30.0 Å². The van der Waals surface area contributed by atoms with E-state index in [0.717, 1.165) is 24.1 Å². The number of hydrogen-bond donors (Lipinski definition) is 0. The van der Waals surface area contributed by atoms with Crippen molar-refractivity contribution in [1.29, 1.82) is 0 Å². The van der Waals surface area contributed by atoms with Crippen LogP contribution >= 0.6 is 0 Å². The average Bonchev–Trinajstić information content (AvgIpc) is 3.19. The van der Waals surface area contributed by atoms with Crippen molar-refractivity contribution in [2.24, 2.45) is 5.16 Å². The predicted molar refractivity (Wildman–Crippen MR) is 101 cm³/mol. The zero-order valence-electron chi connectivity index (χ0n) is 14.3. The molecule has 4 nitrogen and oxygen atoms in total. The highest BCUT2D eigenvalue weighted by Crippen LogP contribution is 2.21. The Labute approximate surface area is 148 Å². The first-order valence-electron chi connectivity index (χ1n) is 9.06. The number of hydrogen-bond acceptors (Lipinski definition) is 3. The van der Waals surface area contributed by atoms with Gasteiger partial charge in [0.15, 0.2) is 0 Å². The summed E-state index contributed by atoms with van der Waals surface area (Å²) in [6, 6.07) is 14.9. The normalized spacial score (nSPS) is 16.2. The molecule has 0 aliphatic heterocycles. The van der Waals surface area contributed by atoms with Gasteiger partial charge in [-0.2, -0.15) is 0 Å². The molecule has 0 saturated heterocycles. The molecule has 0 spiro atoms. The second kappa shape index (κ2) is 7.51. The van der Waals surface area contributed by atoms with Crippen LogP contribution < -0.4 is 0 Å². The molecule has 1 aliphatic rings. The summed E-state index contributed by atoms with van der Waals surface area (Å²) in [5.41, 5.74) is 2.04. The Hall–Kier alpha value is -2.62. The maximum Gasteiger partial charge on any atom is 0.127 e. The number of oxime groups is 1. The van der Waals surface area contributed by atoms with Gasteiger partial charge >= 0.3 is 0 Å². The number of rotatable bonds is 5. The van der Waals surface area contributed by atoms with Gasteiger partial charge in [0.1, 0.15) is 11.8 Å². The molecular weight excluding hydrogens is 310 g/mol. The van der Waals surface area contributed by atoms with Gasteiger partial charge in [0, 0.05) is 18.0 Å². The van der Waals surface area contributed by atoms with Crippen LogP contribution in [0.3, 0.4) is 0 Å². The summed E-state index contributed by atoms with van der Waals surface area (Å²) in [4.78, 5) is 10.1. The van der Waals surface area contributed by atoms with Crippen molar-refractivity contribution >= 4 is 16.5 Å². The second-order valence-electron chi connectivity index (χ2n) is 6.70. The standard InChI is InChI=1S/C21H23N3O/c1-2-8-20(9-3-1)25-23-21(15-24-13-12-22-16-24)19-11-10-17-6-4-5-7-18(17)14-19/h4-7,10-14,16,20H,1-3,8-9,15H2/b23-21-. The Bertz CT molecular complexity index is 848. The Balaban J connectivity index is 1.62. The van der Waals surface area contributed by atoms with Crippen LogP contribution in [0.25, 0.3) is 10.8 Å². The minimum absolute atomic E-state index is 0.256. The molecule has 0 amide bonds. The summed E-state index contributed by atoms with van der Waals surface area (Å²) in [6.07, 6.45) is 11.8. The number of imidazole rings is 1. The summed E-state index contributed by atoms with van der Waals surface area (Å²) in [6.45, 7) is 0.658. The van der Waals surface area contributed by atoms with E-state index in [0.29, 0.717) is 6.54 Å². The molecule has 0 bridgehead atoms. The fourth-order valence-electron chi connectivity index (χ4n) is 3.40. The molecule has 25 heavy (non-hydrogen) atoms. The topological polar surface area (TPSA) is 39.4 Å². The van der Waals surface area contributed by atoms with Gasteiger partial charge in [-0.05, 0) is 42.5 Å². The average molecular weight is 333 g/mol. The van der Waals surface area contributed by atoms with E-state index in [9.17, 15) is 0 Å². The maximum atomic E-state index is 5.91. The van der Waals surface area contributed by atoms with Crippen molar-refractivity contribution in [2.75, 3.05) is 0 Å². The molecule has 3 aromatic rings. The van der Waals surface area contributed by atoms with Gasteiger partial charge in [-0.25, -0.2) is 4.98 Å². The molecule has 0 unspecified atom stereocenters. The van der Waals surface area contributed by atoms with E-state index in [4.69, 9.17) is 4.84 Å². The third-order valence-corrected chi connectivity index (χ3v) is 4.84. The van der Waals surface area contributed by atoms with Gasteiger partial charge in [-0.1, -0.05) is 48.0 Å². The molecule has 128 valence electrons. The lowest BCUT2D eigenvalue weighted by atomic mass is 9.98. The lowest BCUT2D eigenvalue weighted by molar-refractivity contribution is 0.0326. The molecule has 0 N–H and O–H groups in total. The summed E-state index contributed by atoms with van der Waals surface area (Å²) in [7, 11) is 0. The molecule has 1 fully saturated rings. The highest BCUT2D eigenvalue weighted by Gasteiger charge is 2.15. The summed E-state index contributed by atoms with van der Waals surface area (Å²) in [5, 5.41) is 7.02. The Morgan fingerprint density at radius 2 is 1.92 bits per heavy atom. The van der Waals surface area contributed by atoms with Gasteiger partial charge in [-0.15, -0.1) is 0 Å². The molecule has 0 radical (unpaired) electrons. The largest absolute Gasteiger partial charge is 0.392 e. The van der Waals surface area contributed by atoms with Crippen LogP contribution in [0.15, 0.2) is 66.3 Å². The highest BCUT2D eigenvalue weighted by molar-refractivity contribution is 6.03. The third-order valence-electron chi connectivity index (χ3n) is 4.84. The number of fused-ring (bicyclic) bond motifs is 1. The lowest BCUT2D eigenvalue weighted by Gasteiger charge is -2.20. The van der Waals surface area contributed by atoms with Gasteiger partial charge < -0.3 is 9.40 Å². The van der Waals surface area contributed by atoms with Crippen LogP contribution in [0, 0.1) is 0 Å². The van der Waals surface area contributed by atoms with Crippen molar-refractivity contribution in [3.63, 3.8) is 0 Å². The summed E-state index contributed by atoms with van der Waals surface area (Å²) >= 11 is 0. The van der Waals surface area contributed by atoms with Crippen molar-refractivity contribution in [3.05, 3.63) is 66.7 Å². The van der Waals surface area contributed by atoms with Crippen LogP contribution in [0.4, 0.5) is 0 Å². The van der Waals surface area contributed by atoms with Crippen molar-refractivity contribution in [2.45, 2.75) is 44.8 Å². The van der Waals surface area contributed by atoms with E-state index >= 15 is 0 Å². The molecule has 4 rings (SSSR count). The van der Waals surface area contributed by atoms with E-state index in [-0.39, 0.29) is 6.10 Å². The first-order valence-corrected chi connectivity index (χ1v) is 9.06. The van der Waals surface area contributed by atoms with Crippen LogP contribution in [0.1, 0.15) is 37.7 Å². The van der Waals surface area contributed by atoms with Gasteiger partial charge in [-0.3, -0.25) is 0 Å². The molecule has 0 atom stereocenters. The SMILES string of the molecule is c1ccc2cc(/C(Cn3ccnc3)=N\OC3CCCCC3)ccc2c1. The van der Waals surface area contributed by atoms with E-state index in [2.05, 4.69) is 52.6 Å². The maximum absolute atomic E-state index is 5.91. The zero-order valence-corrected chi connectivity index (χ0v) is 14.3. The lowest BCUT2D eigenvalue weighted by Crippen LogP contribution is -2.17. The zero-order chi connectivity index (χ0) is 16.9. The Kier molecular flexibility index (Phi) is 4.77. The molecule has 1 heterocycles. The van der Waals surface area contributed by atoms with E-state index in [1.807, 2.05) is 17.1 Å². The smallest absolute Gasteiger partial charge is 0.127 e. The predicted octanol–water partition coefficient (Wildman–Crippen LogP) is 4.79. The van der Waals surface area contributed by atoms with E-state index < -0.39 is 0 Å². The van der Waals surface area contributed by atoms with Crippen LogP contribution in [-0.2, 0) is 11.4 Å². The minimum Gasteiger partial charge on any atom is -0.392 e. The molecule has 1 aromatic heterocycles. The molecule has 2 aromatic carbocycles. The van der Waals surface area contributed by atoms with Crippen LogP contribution in [0.5, 0.6) is 0 Å².